The number of benzene rings is 2. The second kappa shape index (κ2) is 8.08. The van der Waals surface area contributed by atoms with Crippen LogP contribution in [0.25, 0.3) is 0 Å². The van der Waals surface area contributed by atoms with Gasteiger partial charge in [-0.25, -0.2) is 0 Å². The molecule has 4 nitrogen and oxygen atoms in total. The second-order valence-electron chi connectivity index (χ2n) is 6.00. The van der Waals surface area contributed by atoms with E-state index in [9.17, 15) is 9.59 Å². The number of hydrogen-bond acceptors (Lipinski definition) is 2. The zero-order chi connectivity index (χ0) is 17.7. The molecule has 2 aromatic carbocycles. The minimum Gasteiger partial charge on any atom is -0.324 e. The monoisotopic (exact) mass is 345 g/mol. The standard InChI is InChI=1S/C19H21ClN2O2/c1-13(22(3)12-15-6-4-8-17(20)10-15)19(24)21-18-9-5-7-16(11-18)14(2)23/h4-11,13H,12H2,1-3H3,(H,21,24)/p+1/t13-/m1/s1. The Morgan fingerprint density at radius 3 is 2.54 bits per heavy atom. The van der Waals surface area contributed by atoms with Gasteiger partial charge in [0.15, 0.2) is 11.8 Å². The summed E-state index contributed by atoms with van der Waals surface area (Å²) in [6.07, 6.45) is 0. The summed E-state index contributed by atoms with van der Waals surface area (Å²) >= 11 is 6.00. The molecule has 0 aliphatic heterocycles. The van der Waals surface area contributed by atoms with E-state index in [-0.39, 0.29) is 17.7 Å². The molecule has 24 heavy (non-hydrogen) atoms. The summed E-state index contributed by atoms with van der Waals surface area (Å²) in [6.45, 7) is 4.08. The molecule has 2 aromatic rings. The van der Waals surface area contributed by atoms with Crippen molar-refractivity contribution in [2.45, 2.75) is 26.4 Å². The average Bonchev–Trinajstić information content (AvgIpc) is 2.54. The van der Waals surface area contributed by atoms with Crippen molar-refractivity contribution in [3.8, 4) is 0 Å². The Morgan fingerprint density at radius 2 is 1.88 bits per heavy atom. The van der Waals surface area contributed by atoms with Crippen molar-refractivity contribution < 1.29 is 14.5 Å². The number of anilines is 1. The Morgan fingerprint density at radius 1 is 1.17 bits per heavy atom. The highest BCUT2D eigenvalue weighted by Crippen LogP contribution is 2.12. The highest BCUT2D eigenvalue weighted by Gasteiger charge is 2.22. The van der Waals surface area contributed by atoms with Gasteiger partial charge in [0, 0.05) is 21.8 Å². The minimum absolute atomic E-state index is 0.0251. The van der Waals surface area contributed by atoms with E-state index >= 15 is 0 Å². The minimum atomic E-state index is -0.245. The zero-order valence-electron chi connectivity index (χ0n) is 14.1. The number of Topliss-reactive ketones (excluding diaryl/α,β-unsaturated/α-hetero) is 1. The Hall–Kier alpha value is -2.17. The summed E-state index contributed by atoms with van der Waals surface area (Å²) in [5.41, 5.74) is 2.30. The van der Waals surface area contributed by atoms with Crippen LogP contribution in [0.4, 0.5) is 5.69 Å². The molecule has 0 saturated heterocycles. The lowest BCUT2D eigenvalue weighted by Gasteiger charge is -2.21. The van der Waals surface area contributed by atoms with Gasteiger partial charge in [0.2, 0.25) is 0 Å². The number of amides is 1. The van der Waals surface area contributed by atoms with Crippen LogP contribution in [0.2, 0.25) is 5.02 Å². The van der Waals surface area contributed by atoms with Crippen LogP contribution >= 0.6 is 11.6 Å². The lowest BCUT2D eigenvalue weighted by atomic mass is 10.1. The number of nitrogens with one attached hydrogen (secondary N) is 2. The van der Waals surface area contributed by atoms with E-state index < -0.39 is 0 Å². The number of quaternary nitrogens is 1. The fraction of sp³-hybridized carbons (Fsp3) is 0.263. The van der Waals surface area contributed by atoms with Gasteiger partial charge in [0.05, 0.1) is 7.05 Å². The third kappa shape index (κ3) is 4.91. The Labute approximate surface area is 147 Å². The molecular formula is C19H22ClN2O2+. The zero-order valence-corrected chi connectivity index (χ0v) is 14.9. The van der Waals surface area contributed by atoms with Crippen molar-refractivity contribution in [2.24, 2.45) is 0 Å². The smallest absolute Gasteiger partial charge is 0.282 e. The third-order valence-corrected chi connectivity index (χ3v) is 4.28. The molecule has 1 unspecified atom stereocenters. The molecule has 0 aliphatic rings. The fourth-order valence-corrected chi connectivity index (χ4v) is 2.63. The molecule has 0 bridgehead atoms. The summed E-state index contributed by atoms with van der Waals surface area (Å²) in [5.74, 6) is -0.113. The van der Waals surface area contributed by atoms with Crippen LogP contribution in [0.15, 0.2) is 48.5 Å². The molecule has 2 N–H and O–H groups in total. The predicted octanol–water partition coefficient (Wildman–Crippen LogP) is 2.58. The highest BCUT2D eigenvalue weighted by atomic mass is 35.5. The molecule has 0 radical (unpaired) electrons. The van der Waals surface area contributed by atoms with E-state index in [1.807, 2.05) is 38.2 Å². The van der Waals surface area contributed by atoms with Gasteiger partial charge in [-0.15, -0.1) is 0 Å². The average molecular weight is 346 g/mol. The molecule has 0 saturated carbocycles. The Bertz CT molecular complexity index is 746. The normalized spacial score (nSPS) is 13.2. The maximum absolute atomic E-state index is 12.4. The van der Waals surface area contributed by atoms with Gasteiger partial charge in [-0.3, -0.25) is 9.59 Å². The number of likely N-dealkylation sites (N-methyl/N-ethyl adjacent to an activating group) is 1. The van der Waals surface area contributed by atoms with Gasteiger partial charge >= 0.3 is 0 Å². The number of carbonyl (C=O) groups excluding carboxylic acids is 2. The maximum atomic E-state index is 12.4. The third-order valence-electron chi connectivity index (χ3n) is 4.04. The van der Waals surface area contributed by atoms with Gasteiger partial charge in [0.1, 0.15) is 6.54 Å². The van der Waals surface area contributed by atoms with Crippen molar-refractivity contribution in [1.29, 1.82) is 0 Å². The van der Waals surface area contributed by atoms with Gasteiger partial charge < -0.3 is 10.2 Å². The molecule has 0 aromatic heterocycles. The van der Waals surface area contributed by atoms with E-state index in [0.29, 0.717) is 22.8 Å². The molecule has 2 rings (SSSR count). The van der Waals surface area contributed by atoms with Crippen LogP contribution in [0.3, 0.4) is 0 Å². The summed E-state index contributed by atoms with van der Waals surface area (Å²) in [7, 11) is 1.97. The van der Waals surface area contributed by atoms with E-state index in [4.69, 9.17) is 11.6 Å². The first-order valence-corrected chi connectivity index (χ1v) is 8.23. The fourth-order valence-electron chi connectivity index (χ4n) is 2.41. The molecular weight excluding hydrogens is 324 g/mol. The molecule has 0 spiro atoms. The number of carbonyl (C=O) groups is 2. The van der Waals surface area contributed by atoms with Crippen molar-refractivity contribution in [3.63, 3.8) is 0 Å². The molecule has 126 valence electrons. The van der Waals surface area contributed by atoms with Crippen LogP contribution in [-0.2, 0) is 11.3 Å². The lowest BCUT2D eigenvalue weighted by molar-refractivity contribution is -0.907. The quantitative estimate of drug-likeness (QED) is 0.791. The number of ketones is 1. The van der Waals surface area contributed by atoms with Crippen molar-refractivity contribution >= 4 is 29.0 Å². The van der Waals surface area contributed by atoms with Crippen molar-refractivity contribution in [1.82, 2.24) is 0 Å². The van der Waals surface area contributed by atoms with Gasteiger partial charge in [0.25, 0.3) is 5.91 Å². The van der Waals surface area contributed by atoms with Crippen LogP contribution in [-0.4, -0.2) is 24.8 Å². The largest absolute Gasteiger partial charge is 0.324 e. The summed E-state index contributed by atoms with van der Waals surface area (Å²) < 4.78 is 0. The van der Waals surface area contributed by atoms with E-state index in [2.05, 4.69) is 5.32 Å². The summed E-state index contributed by atoms with van der Waals surface area (Å²) in [6, 6.07) is 14.4. The van der Waals surface area contributed by atoms with Crippen LogP contribution in [0, 0.1) is 0 Å². The second-order valence-corrected chi connectivity index (χ2v) is 6.44. The SMILES string of the molecule is CC(=O)c1cccc(NC(=O)[C@@H](C)[NH+](C)Cc2cccc(Cl)c2)c1. The van der Waals surface area contributed by atoms with Gasteiger partial charge in [-0.2, -0.15) is 0 Å². The van der Waals surface area contributed by atoms with Gasteiger partial charge in [-0.1, -0.05) is 35.9 Å². The molecule has 5 heteroatoms. The molecule has 0 aliphatic carbocycles. The van der Waals surface area contributed by atoms with E-state index in [1.54, 1.807) is 24.3 Å². The number of halogens is 1. The topological polar surface area (TPSA) is 50.6 Å². The van der Waals surface area contributed by atoms with Crippen molar-refractivity contribution in [2.75, 3.05) is 12.4 Å². The Balaban J connectivity index is 2.00. The molecule has 0 heterocycles. The summed E-state index contributed by atoms with van der Waals surface area (Å²) in [4.78, 5) is 24.9. The molecule has 0 fully saturated rings. The number of hydrogen-bond donors (Lipinski definition) is 2. The Kier molecular flexibility index (Phi) is 6.12. The first-order chi connectivity index (χ1) is 11.4. The predicted molar refractivity (Wildman–Crippen MR) is 96.6 cm³/mol. The number of rotatable bonds is 6. The first kappa shape index (κ1) is 18.2. The van der Waals surface area contributed by atoms with Crippen LogP contribution < -0.4 is 10.2 Å². The maximum Gasteiger partial charge on any atom is 0.282 e. The van der Waals surface area contributed by atoms with Crippen LogP contribution in [0.1, 0.15) is 29.8 Å². The van der Waals surface area contributed by atoms with E-state index in [1.165, 1.54) is 6.92 Å². The van der Waals surface area contributed by atoms with E-state index in [0.717, 1.165) is 10.5 Å². The first-order valence-electron chi connectivity index (χ1n) is 7.85. The lowest BCUT2D eigenvalue weighted by Crippen LogP contribution is -3.12. The van der Waals surface area contributed by atoms with Crippen molar-refractivity contribution in [3.05, 3.63) is 64.7 Å². The molecule has 2 atom stereocenters. The summed E-state index contributed by atoms with van der Waals surface area (Å²) in [5, 5.41) is 3.57. The van der Waals surface area contributed by atoms with Gasteiger partial charge in [-0.05, 0) is 38.1 Å². The van der Waals surface area contributed by atoms with Crippen LogP contribution in [0.5, 0.6) is 0 Å². The molecule has 1 amide bonds. The highest BCUT2D eigenvalue weighted by molar-refractivity contribution is 6.30.